The topological polar surface area (TPSA) is 62.5 Å². The van der Waals surface area contributed by atoms with E-state index in [-0.39, 0.29) is 12.5 Å². The van der Waals surface area contributed by atoms with Crippen LogP contribution in [0.4, 0.5) is 5.69 Å². The van der Waals surface area contributed by atoms with E-state index in [1.54, 1.807) is 6.07 Å². The zero-order valence-electron chi connectivity index (χ0n) is 11.8. The Balaban J connectivity index is 2.17. The number of carbonyl (C=O) groups excluding carboxylic acids is 1. The highest BCUT2D eigenvalue weighted by atomic mass is 16.3. The van der Waals surface area contributed by atoms with E-state index in [0.29, 0.717) is 12.0 Å². The van der Waals surface area contributed by atoms with Crippen molar-refractivity contribution in [2.45, 2.75) is 19.8 Å². The van der Waals surface area contributed by atoms with Crippen LogP contribution in [0.2, 0.25) is 0 Å². The Morgan fingerprint density at radius 2 is 2.24 bits per heavy atom. The number of aliphatic hydroxyl groups excluding tert-OH is 1. The van der Waals surface area contributed by atoms with Crippen LogP contribution in [0.15, 0.2) is 41.2 Å². The maximum atomic E-state index is 12.0. The van der Waals surface area contributed by atoms with Crippen molar-refractivity contribution < 1.29 is 14.3 Å². The number of furan rings is 1. The molecule has 0 radical (unpaired) electrons. The van der Waals surface area contributed by atoms with Crippen molar-refractivity contribution in [3.8, 4) is 11.8 Å². The quantitative estimate of drug-likeness (QED) is 0.848. The van der Waals surface area contributed by atoms with Crippen molar-refractivity contribution >= 4 is 11.6 Å². The Morgan fingerprint density at radius 3 is 2.90 bits per heavy atom. The van der Waals surface area contributed by atoms with Crippen LogP contribution in [0.25, 0.3) is 0 Å². The van der Waals surface area contributed by atoms with Crippen LogP contribution >= 0.6 is 0 Å². The van der Waals surface area contributed by atoms with Gasteiger partial charge >= 0.3 is 0 Å². The first-order chi connectivity index (χ1) is 10.2. The minimum Gasteiger partial charge on any atom is -0.472 e. The molecule has 0 unspecified atom stereocenters. The van der Waals surface area contributed by atoms with Gasteiger partial charge in [0, 0.05) is 17.7 Å². The molecule has 108 valence electrons. The molecular formula is C17H17NO3. The molecule has 1 amide bonds. The molecule has 0 aliphatic carbocycles. The van der Waals surface area contributed by atoms with E-state index in [4.69, 9.17) is 9.52 Å². The first kappa shape index (κ1) is 14.9. The number of hydrogen-bond donors (Lipinski definition) is 2. The van der Waals surface area contributed by atoms with Gasteiger partial charge in [-0.25, -0.2) is 0 Å². The largest absolute Gasteiger partial charge is 0.472 e. The number of amides is 1. The van der Waals surface area contributed by atoms with Crippen molar-refractivity contribution in [3.63, 3.8) is 0 Å². The summed E-state index contributed by atoms with van der Waals surface area (Å²) in [4.78, 5) is 12.0. The fourth-order valence-corrected chi connectivity index (χ4v) is 1.89. The molecule has 2 N–H and O–H groups in total. The normalized spacial score (nSPS) is 9.81. The molecule has 4 heteroatoms. The van der Waals surface area contributed by atoms with Crippen molar-refractivity contribution in [3.05, 3.63) is 53.5 Å². The Labute approximate surface area is 123 Å². The van der Waals surface area contributed by atoms with Crippen molar-refractivity contribution in [1.29, 1.82) is 0 Å². The number of aliphatic hydroxyl groups is 1. The second kappa shape index (κ2) is 7.32. The molecule has 1 aromatic carbocycles. The number of nitrogens with one attached hydrogen (secondary N) is 1. The Morgan fingerprint density at radius 1 is 1.38 bits per heavy atom. The summed E-state index contributed by atoms with van der Waals surface area (Å²) < 4.78 is 4.90. The van der Waals surface area contributed by atoms with Gasteiger partial charge in [-0.05, 0) is 36.2 Å². The summed E-state index contributed by atoms with van der Waals surface area (Å²) in [6.45, 7) is 2.08. The van der Waals surface area contributed by atoms with E-state index in [2.05, 4.69) is 17.2 Å². The lowest BCUT2D eigenvalue weighted by Gasteiger charge is -2.09. The predicted octanol–water partition coefficient (Wildman–Crippen LogP) is 2.83. The number of aryl methyl sites for hydroxylation is 1. The van der Waals surface area contributed by atoms with Crippen LogP contribution in [0.5, 0.6) is 0 Å². The van der Waals surface area contributed by atoms with Crippen LogP contribution in [-0.4, -0.2) is 17.6 Å². The second-order valence-electron chi connectivity index (χ2n) is 4.47. The summed E-state index contributed by atoms with van der Waals surface area (Å²) >= 11 is 0. The smallest absolute Gasteiger partial charge is 0.258 e. The molecule has 1 aromatic heterocycles. The highest BCUT2D eigenvalue weighted by molar-refractivity contribution is 6.04. The van der Waals surface area contributed by atoms with Crippen LogP contribution in [-0.2, 0) is 6.42 Å². The van der Waals surface area contributed by atoms with E-state index < -0.39 is 0 Å². The van der Waals surface area contributed by atoms with E-state index in [1.165, 1.54) is 12.5 Å². The Hall–Kier alpha value is -2.51. The van der Waals surface area contributed by atoms with E-state index in [1.807, 2.05) is 25.1 Å². The number of carbonyl (C=O) groups is 1. The number of rotatable bonds is 4. The van der Waals surface area contributed by atoms with Crippen LogP contribution in [0, 0.1) is 11.8 Å². The minimum absolute atomic E-state index is 0.0620. The maximum Gasteiger partial charge on any atom is 0.258 e. The van der Waals surface area contributed by atoms with Gasteiger partial charge in [0.05, 0.1) is 18.4 Å². The van der Waals surface area contributed by atoms with E-state index in [9.17, 15) is 4.79 Å². The molecule has 0 bridgehead atoms. The lowest BCUT2D eigenvalue weighted by molar-refractivity contribution is 0.102. The van der Waals surface area contributed by atoms with Crippen molar-refractivity contribution in [1.82, 2.24) is 0 Å². The first-order valence-electron chi connectivity index (χ1n) is 6.80. The average Bonchev–Trinajstić information content (AvgIpc) is 3.03. The summed E-state index contributed by atoms with van der Waals surface area (Å²) in [5, 5.41) is 11.6. The van der Waals surface area contributed by atoms with Gasteiger partial charge in [0.15, 0.2) is 0 Å². The molecule has 2 rings (SSSR count). The molecule has 1 heterocycles. The van der Waals surface area contributed by atoms with Gasteiger partial charge in [-0.3, -0.25) is 4.79 Å². The summed E-state index contributed by atoms with van der Waals surface area (Å²) in [5.74, 6) is 5.68. The number of hydrogen-bond acceptors (Lipinski definition) is 3. The second-order valence-corrected chi connectivity index (χ2v) is 4.47. The number of benzene rings is 1. The van der Waals surface area contributed by atoms with Crippen LogP contribution in [0.1, 0.15) is 34.8 Å². The molecule has 0 atom stereocenters. The monoisotopic (exact) mass is 283 g/mol. The molecule has 0 saturated heterocycles. The molecule has 0 aliphatic rings. The van der Waals surface area contributed by atoms with Crippen molar-refractivity contribution in [2.24, 2.45) is 0 Å². The molecule has 4 nitrogen and oxygen atoms in total. The SMILES string of the molecule is CCc1cc(C#CCCO)ccc1NC(=O)c1ccoc1. The standard InChI is InChI=1S/C17H17NO3/c1-2-14-11-13(5-3-4-9-19)6-7-16(14)18-17(20)15-8-10-21-12-15/h6-8,10-12,19H,2,4,9H2,1H3,(H,18,20). The first-order valence-corrected chi connectivity index (χ1v) is 6.80. The lowest BCUT2D eigenvalue weighted by Crippen LogP contribution is -2.12. The third kappa shape index (κ3) is 3.98. The molecule has 0 saturated carbocycles. The highest BCUT2D eigenvalue weighted by Crippen LogP contribution is 2.19. The fraction of sp³-hybridized carbons (Fsp3) is 0.235. The Kier molecular flexibility index (Phi) is 5.19. The maximum absolute atomic E-state index is 12.0. The van der Waals surface area contributed by atoms with E-state index >= 15 is 0 Å². The summed E-state index contributed by atoms with van der Waals surface area (Å²) in [7, 11) is 0. The third-order valence-corrected chi connectivity index (χ3v) is 2.99. The average molecular weight is 283 g/mol. The fourth-order valence-electron chi connectivity index (χ4n) is 1.89. The van der Waals surface area contributed by atoms with Gasteiger partial charge in [0.25, 0.3) is 5.91 Å². The minimum atomic E-state index is -0.197. The summed E-state index contributed by atoms with van der Waals surface area (Å²) in [6, 6.07) is 7.28. The molecule has 0 fully saturated rings. The van der Waals surface area contributed by atoms with Gasteiger partial charge < -0.3 is 14.8 Å². The summed E-state index contributed by atoms with van der Waals surface area (Å²) in [5.41, 5.74) is 3.16. The molecule has 0 spiro atoms. The predicted molar refractivity (Wildman–Crippen MR) is 81.1 cm³/mol. The van der Waals surface area contributed by atoms with Crippen LogP contribution in [0.3, 0.4) is 0 Å². The lowest BCUT2D eigenvalue weighted by atomic mass is 10.1. The molecule has 0 aliphatic heterocycles. The third-order valence-electron chi connectivity index (χ3n) is 2.99. The van der Waals surface area contributed by atoms with Gasteiger partial charge in [-0.1, -0.05) is 18.8 Å². The van der Waals surface area contributed by atoms with Crippen LogP contribution < -0.4 is 5.32 Å². The van der Waals surface area contributed by atoms with Crippen molar-refractivity contribution in [2.75, 3.05) is 11.9 Å². The van der Waals surface area contributed by atoms with Gasteiger partial charge in [0.2, 0.25) is 0 Å². The zero-order chi connectivity index (χ0) is 15.1. The Bertz CT molecular complexity index is 663. The van der Waals surface area contributed by atoms with Gasteiger partial charge in [-0.2, -0.15) is 0 Å². The van der Waals surface area contributed by atoms with Gasteiger partial charge in [-0.15, -0.1) is 0 Å². The molecule has 2 aromatic rings. The number of anilines is 1. The van der Waals surface area contributed by atoms with E-state index in [0.717, 1.165) is 23.2 Å². The van der Waals surface area contributed by atoms with Gasteiger partial charge in [0.1, 0.15) is 6.26 Å². The highest BCUT2D eigenvalue weighted by Gasteiger charge is 2.09. The molecular weight excluding hydrogens is 266 g/mol. The molecule has 21 heavy (non-hydrogen) atoms. The summed E-state index contributed by atoms with van der Waals surface area (Å²) in [6.07, 6.45) is 4.13. The zero-order valence-corrected chi connectivity index (χ0v) is 11.8.